The minimum atomic E-state index is -0.610. The van der Waals surface area contributed by atoms with Crippen molar-refractivity contribution >= 4 is 17.4 Å². The van der Waals surface area contributed by atoms with Crippen LogP contribution in [-0.2, 0) is 11.3 Å². The Morgan fingerprint density at radius 2 is 2.14 bits per heavy atom. The summed E-state index contributed by atoms with van der Waals surface area (Å²) >= 11 is 0. The molecule has 2 heterocycles. The van der Waals surface area contributed by atoms with Crippen molar-refractivity contribution in [2.75, 3.05) is 13.1 Å². The van der Waals surface area contributed by atoms with E-state index in [4.69, 9.17) is 16.0 Å². The van der Waals surface area contributed by atoms with Gasteiger partial charge in [-0.25, -0.2) is 24.0 Å². The van der Waals surface area contributed by atoms with Crippen LogP contribution in [0.25, 0.3) is 10.4 Å². The molecule has 0 aliphatic carbocycles. The second-order valence-corrected chi connectivity index (χ2v) is 7.46. The monoisotopic (exact) mass is 396 g/mol. The van der Waals surface area contributed by atoms with Gasteiger partial charge >= 0.3 is 6.09 Å². The van der Waals surface area contributed by atoms with E-state index < -0.39 is 11.4 Å². The van der Waals surface area contributed by atoms with Gasteiger partial charge in [0.05, 0.1) is 18.8 Å². The Kier molecular flexibility index (Phi) is 5.78. The number of aromatic nitrogens is 2. The van der Waals surface area contributed by atoms with Crippen molar-refractivity contribution in [3.63, 3.8) is 0 Å². The number of benzene rings is 1. The summed E-state index contributed by atoms with van der Waals surface area (Å²) in [6.07, 6.45) is 3.13. The summed E-state index contributed by atoms with van der Waals surface area (Å²) in [5, 5.41) is 0. The van der Waals surface area contributed by atoms with Crippen LogP contribution in [0.15, 0.2) is 36.5 Å². The molecule has 0 N–H and O–H groups in total. The third kappa shape index (κ3) is 5.29. The summed E-state index contributed by atoms with van der Waals surface area (Å²) in [5.41, 5.74) is 1.21. The summed E-state index contributed by atoms with van der Waals surface area (Å²) < 4.78 is 24.8. The smallest absolute Gasteiger partial charge is 0.410 e. The molecule has 1 aromatic carbocycles. The maximum atomic E-state index is 13.9. The Labute approximate surface area is 168 Å². The minimum absolute atomic E-state index is 0.0226. The first-order valence-corrected chi connectivity index (χ1v) is 9.04. The number of carbonyl (C=O) groups excluding carboxylic acids is 1. The van der Waals surface area contributed by atoms with Gasteiger partial charge in [0, 0.05) is 12.7 Å². The molecular formula is C21H21FN4O3. The molecule has 0 radical (unpaired) electrons. The van der Waals surface area contributed by atoms with E-state index in [0.717, 1.165) is 11.6 Å². The minimum Gasteiger partial charge on any atom is -0.483 e. The van der Waals surface area contributed by atoms with Crippen LogP contribution in [0, 0.1) is 12.4 Å². The van der Waals surface area contributed by atoms with Gasteiger partial charge in [0.15, 0.2) is 23.1 Å². The zero-order valence-electron chi connectivity index (χ0n) is 16.5. The van der Waals surface area contributed by atoms with Gasteiger partial charge < -0.3 is 14.4 Å². The van der Waals surface area contributed by atoms with Crippen LogP contribution < -0.4 is 4.74 Å². The van der Waals surface area contributed by atoms with Crippen molar-refractivity contribution in [1.82, 2.24) is 14.9 Å². The zero-order valence-corrected chi connectivity index (χ0v) is 16.5. The Hall–Kier alpha value is -3.47. The van der Waals surface area contributed by atoms with Crippen molar-refractivity contribution in [2.24, 2.45) is 0 Å². The molecule has 1 aliphatic rings. The summed E-state index contributed by atoms with van der Waals surface area (Å²) in [6, 6.07) is 5.76. The summed E-state index contributed by atoms with van der Waals surface area (Å²) in [7, 11) is 0. The van der Waals surface area contributed by atoms with E-state index >= 15 is 0 Å². The Morgan fingerprint density at radius 3 is 2.83 bits per heavy atom. The molecule has 0 atom stereocenters. The topological polar surface area (TPSA) is 68.9 Å². The van der Waals surface area contributed by atoms with Crippen molar-refractivity contribution in [3.8, 4) is 5.75 Å². The lowest BCUT2D eigenvalue weighted by Crippen LogP contribution is -2.35. The fourth-order valence-electron chi connectivity index (χ4n) is 2.67. The van der Waals surface area contributed by atoms with Crippen molar-refractivity contribution in [2.45, 2.75) is 33.0 Å². The highest BCUT2D eigenvalue weighted by Crippen LogP contribution is 2.24. The van der Waals surface area contributed by atoms with Crippen LogP contribution in [-0.4, -0.2) is 39.7 Å². The third-order valence-corrected chi connectivity index (χ3v) is 4.01. The first-order chi connectivity index (χ1) is 13.7. The molecule has 0 spiro atoms. The van der Waals surface area contributed by atoms with Gasteiger partial charge in [0.2, 0.25) is 0 Å². The number of ether oxygens (including phenoxy) is 2. The van der Waals surface area contributed by atoms with Gasteiger partial charge in [0.1, 0.15) is 12.2 Å². The van der Waals surface area contributed by atoms with Crippen molar-refractivity contribution in [1.29, 1.82) is 0 Å². The van der Waals surface area contributed by atoms with Crippen LogP contribution in [0.5, 0.6) is 5.75 Å². The Bertz CT molecular complexity index is 992. The van der Waals surface area contributed by atoms with Crippen LogP contribution >= 0.6 is 0 Å². The van der Waals surface area contributed by atoms with E-state index in [-0.39, 0.29) is 24.1 Å². The first kappa shape index (κ1) is 20.3. The molecule has 2 aromatic rings. The van der Waals surface area contributed by atoms with E-state index in [0.29, 0.717) is 24.6 Å². The first-order valence-electron chi connectivity index (χ1n) is 9.04. The van der Waals surface area contributed by atoms with E-state index in [2.05, 4.69) is 14.8 Å². The number of rotatable bonds is 4. The summed E-state index contributed by atoms with van der Waals surface area (Å²) in [5.74, 6) is -0.198. The molecule has 3 rings (SSSR count). The fraction of sp³-hybridized carbons (Fsp3) is 0.333. The molecule has 150 valence electrons. The maximum absolute atomic E-state index is 13.9. The predicted molar refractivity (Wildman–Crippen MR) is 105 cm³/mol. The van der Waals surface area contributed by atoms with Gasteiger partial charge in [-0.2, -0.15) is 0 Å². The van der Waals surface area contributed by atoms with Crippen LogP contribution in [0.4, 0.5) is 14.9 Å². The quantitative estimate of drug-likeness (QED) is 0.718. The maximum Gasteiger partial charge on any atom is 0.410 e. The molecule has 0 saturated carbocycles. The summed E-state index contributed by atoms with van der Waals surface area (Å²) in [4.78, 5) is 25.6. The van der Waals surface area contributed by atoms with Crippen molar-refractivity contribution < 1.29 is 18.7 Å². The normalized spacial score (nSPS) is 13.6. The molecule has 1 amide bonds. The highest BCUT2D eigenvalue weighted by atomic mass is 19.1. The lowest BCUT2D eigenvalue weighted by atomic mass is 10.2. The SMILES string of the molecule is [C-]#[N+]c1ccc(OCc2nccc(C3=CCN(C(=O)OC(C)(C)C)C3)n2)c(F)c1. The lowest BCUT2D eigenvalue weighted by molar-refractivity contribution is 0.0306. The molecule has 29 heavy (non-hydrogen) atoms. The number of hydrogen-bond acceptors (Lipinski definition) is 5. The average molecular weight is 396 g/mol. The van der Waals surface area contributed by atoms with Gasteiger partial charge in [0.25, 0.3) is 0 Å². The lowest BCUT2D eigenvalue weighted by Gasteiger charge is -2.24. The number of halogens is 1. The second kappa shape index (κ2) is 8.27. The second-order valence-electron chi connectivity index (χ2n) is 7.46. The number of nitrogens with zero attached hydrogens (tertiary/aromatic N) is 4. The number of amides is 1. The molecule has 1 aromatic heterocycles. The van der Waals surface area contributed by atoms with Crippen molar-refractivity contribution in [3.05, 3.63) is 65.3 Å². The molecular weight excluding hydrogens is 375 g/mol. The molecule has 1 aliphatic heterocycles. The van der Waals surface area contributed by atoms with Gasteiger partial charge in [-0.1, -0.05) is 12.1 Å². The van der Waals surface area contributed by atoms with E-state index in [1.54, 1.807) is 17.2 Å². The molecule has 0 bridgehead atoms. The van der Waals surface area contributed by atoms with E-state index in [1.165, 1.54) is 12.1 Å². The summed E-state index contributed by atoms with van der Waals surface area (Å²) in [6.45, 7) is 13.2. The standard InChI is InChI=1S/C21H21FN4O3/c1-21(2,3)29-20(27)26-10-8-14(12-26)17-7-9-24-19(25-17)13-28-18-6-5-15(23-4)11-16(18)22/h5-9,11H,10,12-13H2,1-3H3. The Balaban J connectivity index is 1.63. The van der Waals surface area contributed by atoms with Gasteiger partial charge in [-0.15, -0.1) is 0 Å². The Morgan fingerprint density at radius 1 is 1.34 bits per heavy atom. The van der Waals surface area contributed by atoms with E-state index in [9.17, 15) is 9.18 Å². The third-order valence-electron chi connectivity index (χ3n) is 4.01. The average Bonchev–Trinajstić information content (AvgIpc) is 3.16. The van der Waals surface area contributed by atoms with Gasteiger partial charge in [-0.3, -0.25) is 0 Å². The number of carbonyl (C=O) groups is 1. The van der Waals surface area contributed by atoms with Crippen LogP contribution in [0.1, 0.15) is 32.3 Å². The molecule has 0 unspecified atom stereocenters. The van der Waals surface area contributed by atoms with E-state index in [1.807, 2.05) is 26.8 Å². The van der Waals surface area contributed by atoms with Crippen LogP contribution in [0.2, 0.25) is 0 Å². The molecule has 0 fully saturated rings. The number of hydrogen-bond donors (Lipinski definition) is 0. The largest absolute Gasteiger partial charge is 0.483 e. The van der Waals surface area contributed by atoms with Crippen LogP contribution in [0.3, 0.4) is 0 Å². The fourth-order valence-corrected chi connectivity index (χ4v) is 2.67. The highest BCUT2D eigenvalue weighted by molar-refractivity contribution is 5.76. The predicted octanol–water partition coefficient (Wildman–Crippen LogP) is 4.38. The highest BCUT2D eigenvalue weighted by Gasteiger charge is 2.26. The molecule has 0 saturated heterocycles. The molecule has 7 nitrogen and oxygen atoms in total. The molecule has 8 heteroatoms. The van der Waals surface area contributed by atoms with Gasteiger partial charge in [-0.05, 0) is 44.5 Å². The zero-order chi connectivity index (χ0) is 21.0.